The SMILES string of the molecule is CCCc1nc(NN)cc(Sc2nnc(SC)s2)n1. The Kier molecular flexibility index (Phi) is 5.37. The summed E-state index contributed by atoms with van der Waals surface area (Å²) >= 11 is 4.62. The standard InChI is InChI=1S/C10H14N6S3/c1-3-4-6-12-7(14-11)5-8(13-6)18-10-16-15-9(17-2)19-10/h5H,3-4,11H2,1-2H3,(H,12,13,14). The Morgan fingerprint density at radius 1 is 1.32 bits per heavy atom. The minimum atomic E-state index is 0.621. The molecule has 0 aliphatic heterocycles. The van der Waals surface area contributed by atoms with Crippen molar-refractivity contribution in [2.75, 3.05) is 11.7 Å². The van der Waals surface area contributed by atoms with Gasteiger partial charge < -0.3 is 5.43 Å². The largest absolute Gasteiger partial charge is 0.308 e. The first-order valence-electron chi connectivity index (χ1n) is 5.65. The van der Waals surface area contributed by atoms with E-state index in [1.54, 1.807) is 23.1 Å². The van der Waals surface area contributed by atoms with Crippen LogP contribution in [0.4, 0.5) is 5.82 Å². The van der Waals surface area contributed by atoms with Crippen molar-refractivity contribution in [2.45, 2.75) is 33.5 Å². The molecule has 0 fully saturated rings. The lowest BCUT2D eigenvalue weighted by molar-refractivity contribution is 0.810. The smallest absolute Gasteiger partial charge is 0.181 e. The number of hydrogen-bond acceptors (Lipinski definition) is 9. The third-order valence-electron chi connectivity index (χ3n) is 2.12. The number of anilines is 1. The van der Waals surface area contributed by atoms with Gasteiger partial charge in [0.15, 0.2) is 8.68 Å². The first-order chi connectivity index (χ1) is 9.25. The van der Waals surface area contributed by atoms with Gasteiger partial charge >= 0.3 is 0 Å². The van der Waals surface area contributed by atoms with Gasteiger partial charge in [0.2, 0.25) is 0 Å². The molecule has 0 aliphatic rings. The second-order valence-electron chi connectivity index (χ2n) is 3.54. The molecule has 0 bridgehead atoms. The molecular weight excluding hydrogens is 300 g/mol. The Bertz CT molecular complexity index is 544. The van der Waals surface area contributed by atoms with Crippen LogP contribution in [-0.4, -0.2) is 26.4 Å². The zero-order valence-corrected chi connectivity index (χ0v) is 13.0. The van der Waals surface area contributed by atoms with Gasteiger partial charge in [-0.3, -0.25) is 0 Å². The molecule has 102 valence electrons. The van der Waals surface area contributed by atoms with Gasteiger partial charge in [-0.1, -0.05) is 30.0 Å². The number of nitrogen functional groups attached to an aromatic ring is 1. The number of nitrogens with one attached hydrogen (secondary N) is 1. The molecule has 0 aromatic carbocycles. The highest BCUT2D eigenvalue weighted by Crippen LogP contribution is 2.32. The lowest BCUT2D eigenvalue weighted by atomic mass is 10.3. The average Bonchev–Trinajstić information content (AvgIpc) is 2.86. The van der Waals surface area contributed by atoms with Crippen LogP contribution >= 0.6 is 34.9 Å². The second-order valence-corrected chi connectivity index (χ2v) is 6.84. The van der Waals surface area contributed by atoms with Crippen LogP contribution in [0.2, 0.25) is 0 Å². The van der Waals surface area contributed by atoms with E-state index in [1.165, 1.54) is 11.8 Å². The minimum absolute atomic E-state index is 0.621. The zero-order valence-electron chi connectivity index (χ0n) is 10.6. The number of rotatable bonds is 6. The van der Waals surface area contributed by atoms with Crippen molar-refractivity contribution in [3.8, 4) is 0 Å². The maximum atomic E-state index is 5.42. The number of hydrogen-bond donors (Lipinski definition) is 2. The summed E-state index contributed by atoms with van der Waals surface area (Å²) < 4.78 is 1.82. The van der Waals surface area contributed by atoms with E-state index in [9.17, 15) is 0 Å². The molecule has 0 saturated heterocycles. The molecule has 2 rings (SSSR count). The normalized spacial score (nSPS) is 10.7. The molecule has 0 saturated carbocycles. The molecule has 0 amide bonds. The van der Waals surface area contributed by atoms with Crippen molar-refractivity contribution in [3.05, 3.63) is 11.9 Å². The zero-order chi connectivity index (χ0) is 13.7. The summed E-state index contributed by atoms with van der Waals surface area (Å²) in [5.74, 6) is 6.83. The van der Waals surface area contributed by atoms with Gasteiger partial charge in [-0.25, -0.2) is 15.8 Å². The fraction of sp³-hybridized carbons (Fsp3) is 0.400. The van der Waals surface area contributed by atoms with E-state index in [4.69, 9.17) is 5.84 Å². The maximum Gasteiger partial charge on any atom is 0.181 e. The van der Waals surface area contributed by atoms with Gasteiger partial charge in [-0.05, 0) is 24.4 Å². The van der Waals surface area contributed by atoms with E-state index in [0.29, 0.717) is 5.82 Å². The Hall–Kier alpha value is -0.900. The number of nitrogens with zero attached hydrogens (tertiary/aromatic N) is 4. The molecule has 0 radical (unpaired) electrons. The monoisotopic (exact) mass is 314 g/mol. The fourth-order valence-corrected chi connectivity index (χ4v) is 3.75. The summed E-state index contributed by atoms with van der Waals surface area (Å²) in [5, 5.41) is 9.00. The van der Waals surface area contributed by atoms with Gasteiger partial charge in [0, 0.05) is 12.5 Å². The molecule has 0 spiro atoms. The first kappa shape index (κ1) is 14.5. The lowest BCUT2D eigenvalue weighted by Crippen LogP contribution is -2.10. The van der Waals surface area contributed by atoms with Crippen molar-refractivity contribution < 1.29 is 0 Å². The van der Waals surface area contributed by atoms with Gasteiger partial charge in [-0.15, -0.1) is 10.2 Å². The van der Waals surface area contributed by atoms with Crippen LogP contribution in [-0.2, 0) is 6.42 Å². The van der Waals surface area contributed by atoms with E-state index in [2.05, 4.69) is 32.5 Å². The predicted molar refractivity (Wildman–Crippen MR) is 79.7 cm³/mol. The number of hydrazine groups is 1. The first-order valence-corrected chi connectivity index (χ1v) is 8.50. The van der Waals surface area contributed by atoms with Gasteiger partial charge in [0.1, 0.15) is 16.7 Å². The number of thioether (sulfide) groups is 1. The van der Waals surface area contributed by atoms with Crippen LogP contribution in [0.1, 0.15) is 19.2 Å². The van der Waals surface area contributed by atoms with Crippen molar-refractivity contribution in [3.63, 3.8) is 0 Å². The topological polar surface area (TPSA) is 89.6 Å². The molecule has 2 aromatic rings. The molecule has 6 nitrogen and oxygen atoms in total. The molecule has 2 aromatic heterocycles. The molecular formula is C10H14N6S3. The second kappa shape index (κ2) is 7.04. The highest BCUT2D eigenvalue weighted by molar-refractivity contribution is 8.02. The number of nitrogens with two attached hydrogens (primary N) is 1. The predicted octanol–water partition coefficient (Wildman–Crippen LogP) is 2.44. The van der Waals surface area contributed by atoms with E-state index in [1.807, 2.05) is 12.3 Å². The Morgan fingerprint density at radius 3 is 2.74 bits per heavy atom. The average molecular weight is 314 g/mol. The van der Waals surface area contributed by atoms with Crippen LogP contribution in [0.5, 0.6) is 0 Å². The van der Waals surface area contributed by atoms with Gasteiger partial charge in [0.25, 0.3) is 0 Å². The van der Waals surface area contributed by atoms with Crippen LogP contribution in [0.25, 0.3) is 0 Å². The lowest BCUT2D eigenvalue weighted by Gasteiger charge is -2.05. The third-order valence-corrected chi connectivity index (χ3v) is 4.99. The minimum Gasteiger partial charge on any atom is -0.308 e. The van der Waals surface area contributed by atoms with E-state index in [-0.39, 0.29) is 0 Å². The summed E-state index contributed by atoms with van der Waals surface area (Å²) in [4.78, 5) is 8.80. The summed E-state index contributed by atoms with van der Waals surface area (Å²) in [7, 11) is 0. The molecule has 0 atom stereocenters. The Balaban J connectivity index is 2.20. The third kappa shape index (κ3) is 4.03. The van der Waals surface area contributed by atoms with E-state index >= 15 is 0 Å². The maximum absolute atomic E-state index is 5.42. The highest BCUT2D eigenvalue weighted by Gasteiger charge is 2.09. The van der Waals surface area contributed by atoms with Gasteiger partial charge in [-0.2, -0.15) is 0 Å². The molecule has 0 unspecified atom stereocenters. The highest BCUT2D eigenvalue weighted by atomic mass is 32.2. The summed E-state index contributed by atoms with van der Waals surface area (Å²) in [6.07, 6.45) is 3.80. The van der Waals surface area contributed by atoms with Crippen molar-refractivity contribution in [1.29, 1.82) is 0 Å². The number of aryl methyl sites for hydroxylation is 1. The van der Waals surface area contributed by atoms with Crippen LogP contribution in [0.15, 0.2) is 19.8 Å². The Morgan fingerprint density at radius 2 is 2.11 bits per heavy atom. The number of aromatic nitrogens is 4. The molecule has 19 heavy (non-hydrogen) atoms. The van der Waals surface area contributed by atoms with Crippen molar-refractivity contribution in [1.82, 2.24) is 20.2 Å². The van der Waals surface area contributed by atoms with Crippen molar-refractivity contribution in [2.24, 2.45) is 5.84 Å². The quantitative estimate of drug-likeness (QED) is 0.364. The molecule has 9 heteroatoms. The Labute approximate surface area is 124 Å². The van der Waals surface area contributed by atoms with E-state index in [0.717, 1.165) is 32.4 Å². The molecule has 3 N–H and O–H groups in total. The van der Waals surface area contributed by atoms with E-state index < -0.39 is 0 Å². The van der Waals surface area contributed by atoms with Crippen LogP contribution in [0, 0.1) is 0 Å². The summed E-state index contributed by atoms with van der Waals surface area (Å²) in [6.45, 7) is 2.09. The van der Waals surface area contributed by atoms with Gasteiger partial charge in [0.05, 0.1) is 0 Å². The molecule has 2 heterocycles. The fourth-order valence-electron chi connectivity index (χ4n) is 1.34. The van der Waals surface area contributed by atoms with Crippen LogP contribution in [0.3, 0.4) is 0 Å². The summed E-state index contributed by atoms with van der Waals surface area (Å²) in [6, 6.07) is 1.81. The van der Waals surface area contributed by atoms with Crippen molar-refractivity contribution >= 4 is 40.7 Å². The summed E-state index contributed by atoms with van der Waals surface area (Å²) in [5.41, 5.74) is 2.57. The van der Waals surface area contributed by atoms with Crippen LogP contribution < -0.4 is 11.3 Å². The molecule has 0 aliphatic carbocycles.